The molecule has 3 nitrogen and oxygen atoms in total. The first-order chi connectivity index (χ1) is 12.0. The van der Waals surface area contributed by atoms with E-state index in [1.165, 1.54) is 19.1 Å². The number of rotatable bonds is 4. The Bertz CT molecular complexity index is 800. The highest BCUT2D eigenvalue weighted by Crippen LogP contribution is 2.43. The van der Waals surface area contributed by atoms with Crippen molar-refractivity contribution in [2.24, 2.45) is 0 Å². The molecular weight excluding hydrogens is 339 g/mol. The molecule has 2 N–H and O–H groups in total. The van der Waals surface area contributed by atoms with Crippen LogP contribution in [0.1, 0.15) is 61.0 Å². The molecule has 0 bridgehead atoms. The van der Waals surface area contributed by atoms with E-state index in [2.05, 4.69) is 5.32 Å². The van der Waals surface area contributed by atoms with Crippen molar-refractivity contribution in [3.05, 3.63) is 63.9 Å². The number of hydrogen-bond donors (Lipinski definition) is 2. The first kappa shape index (κ1) is 19.1. The summed E-state index contributed by atoms with van der Waals surface area (Å²) in [6.07, 6.45) is 2.09. The van der Waals surface area contributed by atoms with Gasteiger partial charge < -0.3 is 10.7 Å². The van der Waals surface area contributed by atoms with Crippen LogP contribution in [0.15, 0.2) is 36.4 Å². The molecule has 0 aliphatic heterocycles. The van der Waals surface area contributed by atoms with Gasteiger partial charge in [0, 0.05) is 5.71 Å². The number of anilines is 1. The monoisotopic (exact) mass is 360 g/mol. The maximum atomic E-state index is 13.9. The average molecular weight is 361 g/mol. The summed E-state index contributed by atoms with van der Waals surface area (Å²) in [5.41, 5.74) is 1.80. The normalized spacial score (nSPS) is 12.8. The van der Waals surface area contributed by atoms with Crippen LogP contribution >= 0.6 is 11.6 Å². The van der Waals surface area contributed by atoms with Crippen LogP contribution in [0.4, 0.5) is 10.1 Å². The third-order valence-corrected chi connectivity index (χ3v) is 4.24. The van der Waals surface area contributed by atoms with Crippen LogP contribution in [0.2, 0.25) is 5.02 Å². The Morgan fingerprint density at radius 3 is 2.40 bits per heavy atom. The van der Waals surface area contributed by atoms with Crippen LogP contribution < -0.4 is 5.32 Å². The Hall–Kier alpha value is -2.20. The zero-order chi connectivity index (χ0) is 18.6. The molecule has 1 fully saturated rings. The van der Waals surface area contributed by atoms with Crippen LogP contribution in [0.25, 0.3) is 0 Å². The second-order valence-corrected chi connectivity index (χ2v) is 6.13. The van der Waals surface area contributed by atoms with E-state index in [9.17, 15) is 9.18 Å². The summed E-state index contributed by atoms with van der Waals surface area (Å²) in [5.74, 6) is -0.534. The predicted octanol–water partition coefficient (Wildman–Crippen LogP) is 6.02. The molecule has 1 aliphatic carbocycles. The minimum atomic E-state index is -0.531. The van der Waals surface area contributed by atoms with Gasteiger partial charge >= 0.3 is 0 Å². The number of hydrogen-bond acceptors (Lipinski definition) is 2. The van der Waals surface area contributed by atoms with E-state index >= 15 is 0 Å². The van der Waals surface area contributed by atoms with E-state index in [1.807, 2.05) is 26.0 Å². The second kappa shape index (κ2) is 8.26. The van der Waals surface area contributed by atoms with Gasteiger partial charge in [0.15, 0.2) is 0 Å². The summed E-state index contributed by atoms with van der Waals surface area (Å²) in [4.78, 5) is 12.7. The van der Waals surface area contributed by atoms with Crippen LogP contribution in [0.3, 0.4) is 0 Å². The summed E-state index contributed by atoms with van der Waals surface area (Å²) >= 11 is 6.22. The number of carbonyl (C=O) groups excluding carboxylic acids is 1. The molecule has 0 aromatic heterocycles. The Balaban J connectivity index is 0.00000109. The molecular formula is C20H22ClFN2O. The standard InChI is InChI=1S/C18H16ClFN2O.C2H6/c1-10(21)16-14(20)6-3-7-15(16)22-18(23)17-12(11-8-9-11)4-2-5-13(17)19;1-2/h2-7,11,21H,8-9H2,1H3,(H,22,23);1-2H3. The lowest BCUT2D eigenvalue weighted by Gasteiger charge is -2.14. The number of benzene rings is 2. The molecule has 0 radical (unpaired) electrons. The predicted molar refractivity (Wildman–Crippen MR) is 102 cm³/mol. The fourth-order valence-electron chi connectivity index (χ4n) is 2.71. The SMILES string of the molecule is CC.CC(=N)c1c(F)cccc1NC(=O)c1c(Cl)cccc1C1CC1. The summed E-state index contributed by atoms with van der Waals surface area (Å²) in [5, 5.41) is 10.8. The van der Waals surface area contributed by atoms with Gasteiger partial charge in [-0.25, -0.2) is 4.39 Å². The lowest BCUT2D eigenvalue weighted by Crippen LogP contribution is -2.17. The number of nitrogens with one attached hydrogen (secondary N) is 2. The quantitative estimate of drug-likeness (QED) is 0.643. The van der Waals surface area contributed by atoms with Crippen LogP contribution in [0.5, 0.6) is 0 Å². The summed E-state index contributed by atoms with van der Waals surface area (Å²) in [7, 11) is 0. The molecule has 2 aromatic rings. The zero-order valence-electron chi connectivity index (χ0n) is 14.6. The van der Waals surface area contributed by atoms with Crippen molar-refractivity contribution in [1.82, 2.24) is 0 Å². The maximum Gasteiger partial charge on any atom is 0.257 e. The molecule has 25 heavy (non-hydrogen) atoms. The molecule has 0 heterocycles. The molecule has 1 saturated carbocycles. The van der Waals surface area contributed by atoms with Crippen molar-refractivity contribution in [3.8, 4) is 0 Å². The van der Waals surface area contributed by atoms with Gasteiger partial charge in [0.2, 0.25) is 0 Å². The number of halogens is 2. The average Bonchev–Trinajstić information content (AvgIpc) is 3.41. The first-order valence-corrected chi connectivity index (χ1v) is 8.80. The largest absolute Gasteiger partial charge is 0.321 e. The highest BCUT2D eigenvalue weighted by atomic mass is 35.5. The minimum absolute atomic E-state index is 0.0555. The minimum Gasteiger partial charge on any atom is -0.321 e. The highest BCUT2D eigenvalue weighted by Gasteiger charge is 2.29. The Kier molecular flexibility index (Phi) is 6.32. The molecule has 132 valence electrons. The Morgan fingerprint density at radius 2 is 1.80 bits per heavy atom. The molecule has 0 saturated heterocycles. The van der Waals surface area contributed by atoms with Gasteiger partial charge in [-0.15, -0.1) is 0 Å². The third kappa shape index (κ3) is 4.26. The van der Waals surface area contributed by atoms with Gasteiger partial charge in [0.25, 0.3) is 5.91 Å². The summed E-state index contributed by atoms with van der Waals surface area (Å²) in [6, 6.07) is 9.79. The van der Waals surface area contributed by atoms with Gasteiger partial charge in [-0.05, 0) is 49.4 Å². The smallest absolute Gasteiger partial charge is 0.257 e. The van der Waals surface area contributed by atoms with Gasteiger partial charge in [-0.3, -0.25) is 4.79 Å². The number of carbonyl (C=O) groups is 1. The van der Waals surface area contributed by atoms with E-state index in [0.29, 0.717) is 16.5 Å². The maximum absolute atomic E-state index is 13.9. The van der Waals surface area contributed by atoms with Crippen molar-refractivity contribution in [2.45, 2.75) is 39.5 Å². The molecule has 1 aliphatic rings. The third-order valence-electron chi connectivity index (χ3n) is 3.93. The van der Waals surface area contributed by atoms with E-state index in [-0.39, 0.29) is 22.9 Å². The molecule has 1 amide bonds. The summed E-state index contributed by atoms with van der Waals surface area (Å²) < 4.78 is 13.9. The van der Waals surface area contributed by atoms with Crippen molar-refractivity contribution in [2.75, 3.05) is 5.32 Å². The molecule has 0 atom stereocenters. The van der Waals surface area contributed by atoms with Gasteiger partial charge in [-0.1, -0.05) is 43.6 Å². The van der Waals surface area contributed by atoms with E-state index in [0.717, 1.165) is 18.4 Å². The Morgan fingerprint density at radius 1 is 1.16 bits per heavy atom. The molecule has 0 unspecified atom stereocenters. The first-order valence-electron chi connectivity index (χ1n) is 8.43. The fraction of sp³-hybridized carbons (Fsp3) is 0.300. The molecule has 5 heteroatoms. The van der Waals surface area contributed by atoms with Crippen LogP contribution in [-0.2, 0) is 0 Å². The van der Waals surface area contributed by atoms with Gasteiger partial charge in [-0.2, -0.15) is 0 Å². The van der Waals surface area contributed by atoms with E-state index in [4.69, 9.17) is 17.0 Å². The number of amides is 1. The molecule has 3 rings (SSSR count). The molecule has 0 spiro atoms. The zero-order valence-corrected chi connectivity index (χ0v) is 15.4. The lowest BCUT2D eigenvalue weighted by atomic mass is 10.0. The lowest BCUT2D eigenvalue weighted by molar-refractivity contribution is 0.102. The van der Waals surface area contributed by atoms with Gasteiger partial charge in [0.1, 0.15) is 5.82 Å². The topological polar surface area (TPSA) is 53.0 Å². The Labute approximate surface area is 152 Å². The van der Waals surface area contributed by atoms with Crippen molar-refractivity contribution in [3.63, 3.8) is 0 Å². The van der Waals surface area contributed by atoms with Crippen LogP contribution in [-0.4, -0.2) is 11.6 Å². The van der Waals surface area contributed by atoms with E-state index < -0.39 is 5.82 Å². The van der Waals surface area contributed by atoms with Gasteiger partial charge in [0.05, 0.1) is 21.8 Å². The van der Waals surface area contributed by atoms with Crippen molar-refractivity contribution < 1.29 is 9.18 Å². The molecule has 2 aromatic carbocycles. The van der Waals surface area contributed by atoms with Crippen molar-refractivity contribution >= 4 is 28.9 Å². The summed E-state index contributed by atoms with van der Waals surface area (Å²) in [6.45, 7) is 5.49. The van der Waals surface area contributed by atoms with Crippen LogP contribution in [0, 0.1) is 11.2 Å². The van der Waals surface area contributed by atoms with Crippen molar-refractivity contribution in [1.29, 1.82) is 5.41 Å². The fourth-order valence-corrected chi connectivity index (χ4v) is 2.98. The highest BCUT2D eigenvalue weighted by molar-refractivity contribution is 6.34. The van der Waals surface area contributed by atoms with E-state index in [1.54, 1.807) is 12.1 Å². The second-order valence-electron chi connectivity index (χ2n) is 5.72.